The summed E-state index contributed by atoms with van der Waals surface area (Å²) in [6.07, 6.45) is -0.212. The van der Waals surface area contributed by atoms with E-state index in [-0.39, 0.29) is 11.8 Å². The predicted molar refractivity (Wildman–Crippen MR) is 75.0 cm³/mol. The normalized spacial score (nSPS) is 20.0. The molecule has 0 aromatic heterocycles. The summed E-state index contributed by atoms with van der Waals surface area (Å²) in [6, 6.07) is 5.27. The van der Waals surface area contributed by atoms with Gasteiger partial charge in [0.05, 0.1) is 11.5 Å². The van der Waals surface area contributed by atoms with Gasteiger partial charge in [-0.25, -0.2) is 4.79 Å². The van der Waals surface area contributed by atoms with E-state index in [2.05, 4.69) is 10.6 Å². The first-order chi connectivity index (χ1) is 9.85. The average molecular weight is 295 g/mol. The number of nitrogens with zero attached hydrogens (tertiary/aromatic N) is 1. The lowest BCUT2D eigenvalue weighted by Crippen LogP contribution is -2.37. The van der Waals surface area contributed by atoms with E-state index >= 15 is 0 Å². The molecule has 1 unspecified atom stereocenters. The van der Waals surface area contributed by atoms with E-state index in [1.807, 2.05) is 0 Å². The molecule has 0 spiro atoms. The molecule has 1 aromatic carbocycles. The predicted octanol–water partition coefficient (Wildman–Crippen LogP) is 1.87. The Labute approximate surface area is 121 Å². The van der Waals surface area contributed by atoms with Crippen LogP contribution >= 0.6 is 0 Å². The van der Waals surface area contributed by atoms with Gasteiger partial charge in [-0.2, -0.15) is 0 Å². The van der Waals surface area contributed by atoms with E-state index in [0.29, 0.717) is 18.8 Å². The standard InChI is InChI=1S/C13H17N3O5/c1-13(2)20-8-11(21-13)7-14-12(17)15-9-4-3-5-10(6-9)16(18)19/h3-6,11H,7-8H2,1-2H3,(H2,14,15,17). The largest absolute Gasteiger partial charge is 0.348 e. The van der Waals surface area contributed by atoms with Crippen LogP contribution in [0.5, 0.6) is 0 Å². The lowest BCUT2D eigenvalue weighted by atomic mass is 10.3. The third-order valence-electron chi connectivity index (χ3n) is 2.87. The van der Waals surface area contributed by atoms with Crippen molar-refractivity contribution in [1.29, 1.82) is 0 Å². The van der Waals surface area contributed by atoms with Gasteiger partial charge in [-0.1, -0.05) is 6.07 Å². The number of hydrogen-bond acceptors (Lipinski definition) is 5. The van der Waals surface area contributed by atoms with Gasteiger partial charge in [0.25, 0.3) is 5.69 Å². The molecule has 1 fully saturated rings. The Kier molecular flexibility index (Phi) is 4.39. The number of amides is 2. The van der Waals surface area contributed by atoms with Gasteiger partial charge in [-0.15, -0.1) is 0 Å². The molecule has 1 aliphatic rings. The SMILES string of the molecule is CC1(C)OCC(CNC(=O)Nc2cccc([N+](=O)[O-])c2)O1. The number of hydrogen-bond donors (Lipinski definition) is 2. The first kappa shape index (κ1) is 15.2. The fourth-order valence-corrected chi connectivity index (χ4v) is 1.94. The van der Waals surface area contributed by atoms with Crippen LogP contribution in [-0.4, -0.2) is 36.0 Å². The van der Waals surface area contributed by atoms with Crippen LogP contribution in [0.3, 0.4) is 0 Å². The average Bonchev–Trinajstić information content (AvgIpc) is 2.76. The second-order valence-corrected chi connectivity index (χ2v) is 5.09. The summed E-state index contributed by atoms with van der Waals surface area (Å²) in [5.41, 5.74) is 0.271. The van der Waals surface area contributed by atoms with E-state index in [0.717, 1.165) is 0 Å². The van der Waals surface area contributed by atoms with Crippen LogP contribution in [0.4, 0.5) is 16.2 Å². The summed E-state index contributed by atoms with van der Waals surface area (Å²) in [5, 5.41) is 15.8. The Morgan fingerprint density at radius 2 is 2.29 bits per heavy atom. The number of rotatable bonds is 4. The van der Waals surface area contributed by atoms with Crippen LogP contribution < -0.4 is 10.6 Å². The van der Waals surface area contributed by atoms with Crippen molar-refractivity contribution in [1.82, 2.24) is 5.32 Å². The zero-order valence-corrected chi connectivity index (χ0v) is 11.8. The van der Waals surface area contributed by atoms with E-state index in [4.69, 9.17) is 9.47 Å². The van der Waals surface area contributed by atoms with Crippen molar-refractivity contribution in [3.8, 4) is 0 Å². The Bertz CT molecular complexity index is 546. The number of nitro benzene ring substituents is 1. The van der Waals surface area contributed by atoms with Gasteiger partial charge in [-0.3, -0.25) is 10.1 Å². The lowest BCUT2D eigenvalue weighted by Gasteiger charge is -2.17. The highest BCUT2D eigenvalue weighted by Crippen LogP contribution is 2.21. The summed E-state index contributed by atoms with van der Waals surface area (Å²) < 4.78 is 10.9. The van der Waals surface area contributed by atoms with Crippen molar-refractivity contribution in [3.05, 3.63) is 34.4 Å². The topological polar surface area (TPSA) is 103 Å². The second-order valence-electron chi connectivity index (χ2n) is 5.09. The molecular weight excluding hydrogens is 278 g/mol. The number of anilines is 1. The Hall–Kier alpha value is -2.19. The van der Waals surface area contributed by atoms with Crippen molar-refractivity contribution < 1.29 is 19.2 Å². The highest BCUT2D eigenvalue weighted by Gasteiger charge is 2.32. The molecule has 0 bridgehead atoms. The Balaban J connectivity index is 1.82. The van der Waals surface area contributed by atoms with E-state index in [9.17, 15) is 14.9 Å². The zero-order valence-electron chi connectivity index (χ0n) is 11.8. The number of benzene rings is 1. The maximum Gasteiger partial charge on any atom is 0.319 e. The molecule has 1 aliphatic heterocycles. The first-order valence-corrected chi connectivity index (χ1v) is 6.47. The number of nitro groups is 1. The van der Waals surface area contributed by atoms with Crippen LogP contribution in [0, 0.1) is 10.1 Å². The van der Waals surface area contributed by atoms with Crippen molar-refractivity contribution >= 4 is 17.4 Å². The molecule has 1 heterocycles. The number of carbonyl (C=O) groups excluding carboxylic acids is 1. The summed E-state index contributed by atoms with van der Waals surface area (Å²) in [7, 11) is 0. The molecule has 8 heteroatoms. The minimum Gasteiger partial charge on any atom is -0.348 e. The smallest absolute Gasteiger partial charge is 0.319 e. The zero-order chi connectivity index (χ0) is 15.5. The third-order valence-corrected chi connectivity index (χ3v) is 2.87. The van der Waals surface area contributed by atoms with E-state index in [1.54, 1.807) is 19.9 Å². The molecule has 114 valence electrons. The lowest BCUT2D eigenvalue weighted by molar-refractivity contribution is -0.384. The molecule has 2 rings (SSSR count). The molecule has 0 aliphatic carbocycles. The van der Waals surface area contributed by atoms with Crippen LogP contribution in [0.25, 0.3) is 0 Å². The number of urea groups is 1. The van der Waals surface area contributed by atoms with Gasteiger partial charge in [-0.05, 0) is 19.9 Å². The first-order valence-electron chi connectivity index (χ1n) is 6.47. The second kappa shape index (κ2) is 6.06. The molecule has 2 amide bonds. The van der Waals surface area contributed by atoms with Crippen molar-refractivity contribution in [2.75, 3.05) is 18.5 Å². The summed E-state index contributed by atoms with van der Waals surface area (Å²) in [5.74, 6) is -0.636. The summed E-state index contributed by atoms with van der Waals surface area (Å²) in [4.78, 5) is 21.9. The van der Waals surface area contributed by atoms with Crippen molar-refractivity contribution in [3.63, 3.8) is 0 Å². The molecule has 2 N–H and O–H groups in total. The van der Waals surface area contributed by atoms with Gasteiger partial charge in [0.2, 0.25) is 0 Å². The molecule has 21 heavy (non-hydrogen) atoms. The maximum absolute atomic E-state index is 11.7. The van der Waals surface area contributed by atoms with Gasteiger partial charge in [0.15, 0.2) is 5.79 Å². The molecule has 1 aromatic rings. The van der Waals surface area contributed by atoms with E-state index in [1.165, 1.54) is 18.2 Å². The number of nitrogens with one attached hydrogen (secondary N) is 2. The Morgan fingerprint density at radius 1 is 1.52 bits per heavy atom. The summed E-state index contributed by atoms with van der Waals surface area (Å²) in [6.45, 7) is 4.31. The van der Waals surface area contributed by atoms with Crippen LogP contribution in [0.15, 0.2) is 24.3 Å². The van der Waals surface area contributed by atoms with Crippen LogP contribution in [0.2, 0.25) is 0 Å². The van der Waals surface area contributed by atoms with E-state index < -0.39 is 16.7 Å². The number of carbonyl (C=O) groups is 1. The summed E-state index contributed by atoms with van der Waals surface area (Å²) >= 11 is 0. The van der Waals surface area contributed by atoms with Crippen LogP contribution in [0.1, 0.15) is 13.8 Å². The Morgan fingerprint density at radius 3 is 2.90 bits per heavy atom. The van der Waals surface area contributed by atoms with Gasteiger partial charge >= 0.3 is 6.03 Å². The highest BCUT2D eigenvalue weighted by molar-refractivity contribution is 5.89. The molecule has 0 saturated carbocycles. The number of ether oxygens (including phenoxy) is 2. The quantitative estimate of drug-likeness (QED) is 0.652. The van der Waals surface area contributed by atoms with Gasteiger partial charge in [0, 0.05) is 24.4 Å². The van der Waals surface area contributed by atoms with Crippen molar-refractivity contribution in [2.45, 2.75) is 25.7 Å². The fourth-order valence-electron chi connectivity index (χ4n) is 1.94. The highest BCUT2D eigenvalue weighted by atomic mass is 16.7. The molecule has 1 atom stereocenters. The number of non-ortho nitro benzene ring substituents is 1. The third kappa shape index (κ3) is 4.40. The monoisotopic (exact) mass is 295 g/mol. The molecule has 0 radical (unpaired) electrons. The molecule has 1 saturated heterocycles. The van der Waals surface area contributed by atoms with Gasteiger partial charge < -0.3 is 20.1 Å². The van der Waals surface area contributed by atoms with Crippen LogP contribution in [-0.2, 0) is 9.47 Å². The minimum atomic E-state index is -0.636. The maximum atomic E-state index is 11.7. The molecule has 8 nitrogen and oxygen atoms in total. The van der Waals surface area contributed by atoms with Crippen molar-refractivity contribution in [2.24, 2.45) is 0 Å². The molecular formula is C13H17N3O5. The minimum absolute atomic E-state index is 0.0814. The fraction of sp³-hybridized carbons (Fsp3) is 0.462. The van der Waals surface area contributed by atoms with Gasteiger partial charge in [0.1, 0.15) is 6.10 Å².